The Morgan fingerprint density at radius 2 is 2.31 bits per heavy atom. The van der Waals surface area contributed by atoms with Gasteiger partial charge in [-0.1, -0.05) is 11.3 Å². The van der Waals surface area contributed by atoms with E-state index in [1.165, 1.54) is 11.3 Å². The zero-order valence-corrected chi connectivity index (χ0v) is 15.0. The van der Waals surface area contributed by atoms with Gasteiger partial charge in [-0.2, -0.15) is 0 Å². The highest BCUT2D eigenvalue weighted by molar-refractivity contribution is 7.18. The first-order valence-electron chi connectivity index (χ1n) is 8.38. The van der Waals surface area contributed by atoms with Crippen LogP contribution < -0.4 is 10.9 Å². The molecule has 0 saturated carbocycles. The van der Waals surface area contributed by atoms with E-state index in [1.807, 2.05) is 0 Å². The number of rotatable bonds is 5. The van der Waals surface area contributed by atoms with Crippen LogP contribution in [0, 0.1) is 6.92 Å². The molecule has 9 heteroatoms. The van der Waals surface area contributed by atoms with Crippen LogP contribution in [0.25, 0.3) is 21.5 Å². The van der Waals surface area contributed by atoms with Gasteiger partial charge in [0, 0.05) is 30.3 Å². The van der Waals surface area contributed by atoms with Gasteiger partial charge < -0.3 is 19.6 Å². The van der Waals surface area contributed by atoms with Crippen LogP contribution in [0.2, 0.25) is 0 Å². The zero-order chi connectivity index (χ0) is 18.1. The molecule has 4 heterocycles. The fraction of sp³-hybridized carbons (Fsp3) is 0.412. The number of hydrogen-bond donors (Lipinski definition) is 2. The number of aliphatic hydroxyl groups excluding tert-OH is 1. The monoisotopic (exact) mass is 374 g/mol. The maximum Gasteiger partial charge on any atom is 0.346 e. The fourth-order valence-corrected chi connectivity index (χ4v) is 3.72. The Morgan fingerprint density at radius 3 is 3.08 bits per heavy atom. The van der Waals surface area contributed by atoms with Gasteiger partial charge in [-0.3, -0.25) is 4.98 Å². The van der Waals surface area contributed by atoms with E-state index < -0.39 is 5.63 Å². The molecule has 0 radical (unpaired) electrons. The smallest absolute Gasteiger partial charge is 0.346 e. The Hall–Kier alpha value is -2.36. The van der Waals surface area contributed by atoms with Crippen LogP contribution in [0.5, 0.6) is 0 Å². The highest BCUT2D eigenvalue weighted by Crippen LogP contribution is 2.28. The minimum atomic E-state index is -0.501. The molecule has 136 valence electrons. The predicted octanol–water partition coefficient (Wildman–Crippen LogP) is 2.10. The molecule has 0 bridgehead atoms. The largest absolute Gasteiger partial charge is 0.420 e. The average molecular weight is 374 g/mol. The highest BCUT2D eigenvalue weighted by atomic mass is 32.1. The van der Waals surface area contributed by atoms with Crippen LogP contribution >= 0.6 is 11.3 Å². The van der Waals surface area contributed by atoms with Gasteiger partial charge in [-0.25, -0.2) is 4.79 Å². The van der Waals surface area contributed by atoms with Gasteiger partial charge in [0.2, 0.25) is 5.13 Å². The van der Waals surface area contributed by atoms with E-state index in [9.17, 15) is 9.90 Å². The number of aryl methyl sites for hydroxylation is 1. The molecule has 0 amide bonds. The summed E-state index contributed by atoms with van der Waals surface area (Å²) in [6, 6.07) is 1.69. The number of ether oxygens (including phenoxy) is 1. The lowest BCUT2D eigenvalue weighted by Crippen LogP contribution is -2.18. The lowest BCUT2D eigenvalue weighted by atomic mass is 10.1. The van der Waals surface area contributed by atoms with Gasteiger partial charge in [-0.05, 0) is 25.8 Å². The summed E-state index contributed by atoms with van der Waals surface area (Å²) in [6.45, 7) is 3.03. The van der Waals surface area contributed by atoms with Gasteiger partial charge in [-0.15, -0.1) is 10.2 Å². The van der Waals surface area contributed by atoms with E-state index in [2.05, 4.69) is 20.5 Å². The third kappa shape index (κ3) is 3.20. The summed E-state index contributed by atoms with van der Waals surface area (Å²) in [5, 5.41) is 22.7. The molecule has 1 fully saturated rings. The molecule has 4 rings (SSSR count). The molecule has 1 saturated heterocycles. The number of hydrogen-bond acceptors (Lipinski definition) is 9. The zero-order valence-electron chi connectivity index (χ0n) is 14.2. The van der Waals surface area contributed by atoms with Crippen LogP contribution in [0.3, 0.4) is 0 Å². The third-order valence-corrected chi connectivity index (χ3v) is 5.28. The molecular weight excluding hydrogens is 356 g/mol. The number of aliphatic hydroxyl groups is 1. The van der Waals surface area contributed by atoms with Crippen molar-refractivity contribution in [3.05, 3.63) is 33.9 Å². The predicted molar refractivity (Wildman–Crippen MR) is 97.3 cm³/mol. The molecule has 8 nitrogen and oxygen atoms in total. The van der Waals surface area contributed by atoms with Crippen molar-refractivity contribution in [3.63, 3.8) is 0 Å². The van der Waals surface area contributed by atoms with Crippen molar-refractivity contribution in [3.8, 4) is 10.6 Å². The number of pyridine rings is 1. The Balaban J connectivity index is 1.66. The number of aromatic nitrogens is 3. The Bertz CT molecular complexity index is 994. The van der Waals surface area contributed by atoms with E-state index in [4.69, 9.17) is 9.15 Å². The third-order valence-electron chi connectivity index (χ3n) is 4.37. The van der Waals surface area contributed by atoms with Gasteiger partial charge in [0.15, 0.2) is 10.6 Å². The standard InChI is InChI=1S/C17H18N4O4S/c1-9-14-12(10(8-22)6-18-9)5-13(16(23)25-14)15-20-21-17(26-15)19-7-11-3-2-4-24-11/h5-6,11,22H,2-4,7-8H2,1H3,(H,19,21). The normalized spacial score (nSPS) is 17.1. The topological polar surface area (TPSA) is 110 Å². The lowest BCUT2D eigenvalue weighted by molar-refractivity contribution is 0.120. The van der Waals surface area contributed by atoms with Crippen molar-refractivity contribution >= 4 is 27.4 Å². The molecule has 1 aliphatic rings. The Labute approximate surface area is 152 Å². The van der Waals surface area contributed by atoms with E-state index >= 15 is 0 Å². The Kier molecular flexibility index (Phi) is 4.66. The summed E-state index contributed by atoms with van der Waals surface area (Å²) in [7, 11) is 0. The van der Waals surface area contributed by atoms with Crippen LogP contribution in [0.1, 0.15) is 24.1 Å². The maximum absolute atomic E-state index is 12.4. The van der Waals surface area contributed by atoms with E-state index in [0.29, 0.717) is 44.5 Å². The minimum absolute atomic E-state index is 0.190. The molecular formula is C17H18N4O4S. The van der Waals surface area contributed by atoms with E-state index in [0.717, 1.165) is 19.4 Å². The Morgan fingerprint density at radius 1 is 1.42 bits per heavy atom. The molecule has 0 aliphatic carbocycles. The summed E-state index contributed by atoms with van der Waals surface area (Å²) < 4.78 is 11.0. The molecule has 0 spiro atoms. The summed E-state index contributed by atoms with van der Waals surface area (Å²) in [5.74, 6) is 0. The van der Waals surface area contributed by atoms with E-state index in [1.54, 1.807) is 19.2 Å². The van der Waals surface area contributed by atoms with Crippen LogP contribution in [-0.4, -0.2) is 39.5 Å². The first-order chi connectivity index (χ1) is 12.7. The molecule has 26 heavy (non-hydrogen) atoms. The number of nitrogens with zero attached hydrogens (tertiary/aromatic N) is 3. The molecule has 0 aromatic carbocycles. The summed E-state index contributed by atoms with van der Waals surface area (Å²) in [5.41, 5.74) is 1.39. The molecule has 3 aromatic heterocycles. The van der Waals surface area contributed by atoms with Gasteiger partial charge >= 0.3 is 5.63 Å². The average Bonchev–Trinajstić information content (AvgIpc) is 3.32. The van der Waals surface area contributed by atoms with Gasteiger partial charge in [0.05, 0.1) is 24.0 Å². The van der Waals surface area contributed by atoms with Crippen molar-refractivity contribution in [1.29, 1.82) is 0 Å². The SMILES string of the molecule is Cc1ncc(CO)c2cc(-c3nnc(NCC4CCCO4)s3)c(=O)oc12. The number of nitrogens with one attached hydrogen (secondary N) is 1. The second-order valence-corrected chi connectivity index (χ2v) is 7.12. The lowest BCUT2D eigenvalue weighted by Gasteiger charge is -2.08. The molecule has 1 aliphatic heterocycles. The molecule has 1 unspecified atom stereocenters. The molecule has 1 atom stereocenters. The molecule has 3 aromatic rings. The highest BCUT2D eigenvalue weighted by Gasteiger charge is 2.18. The van der Waals surface area contributed by atoms with Crippen molar-refractivity contribution in [2.45, 2.75) is 32.5 Å². The number of fused-ring (bicyclic) bond motifs is 1. The van der Waals surface area contributed by atoms with Crippen LogP contribution in [0.15, 0.2) is 21.5 Å². The van der Waals surface area contributed by atoms with Crippen molar-refractivity contribution in [2.75, 3.05) is 18.5 Å². The first kappa shape index (κ1) is 17.1. The molecule has 2 N–H and O–H groups in total. The summed E-state index contributed by atoms with van der Waals surface area (Å²) in [6.07, 6.45) is 3.88. The van der Waals surface area contributed by atoms with Crippen molar-refractivity contribution in [1.82, 2.24) is 15.2 Å². The fourth-order valence-electron chi connectivity index (χ4n) is 2.97. The summed E-state index contributed by atoms with van der Waals surface area (Å²) in [4.78, 5) is 16.6. The van der Waals surface area contributed by atoms with Crippen LogP contribution in [-0.2, 0) is 11.3 Å². The van der Waals surface area contributed by atoms with Gasteiger partial charge in [0.1, 0.15) is 0 Å². The minimum Gasteiger partial charge on any atom is -0.420 e. The quantitative estimate of drug-likeness (QED) is 0.698. The van der Waals surface area contributed by atoms with Gasteiger partial charge in [0.25, 0.3) is 0 Å². The van der Waals surface area contributed by atoms with E-state index in [-0.39, 0.29) is 12.7 Å². The first-order valence-corrected chi connectivity index (χ1v) is 9.20. The van der Waals surface area contributed by atoms with Crippen molar-refractivity contribution < 1.29 is 14.3 Å². The number of anilines is 1. The van der Waals surface area contributed by atoms with Crippen molar-refractivity contribution in [2.24, 2.45) is 0 Å². The maximum atomic E-state index is 12.4. The summed E-state index contributed by atoms with van der Waals surface area (Å²) >= 11 is 1.28. The second kappa shape index (κ2) is 7.10. The second-order valence-electron chi connectivity index (χ2n) is 6.15. The van der Waals surface area contributed by atoms with Crippen LogP contribution in [0.4, 0.5) is 5.13 Å².